The molecule has 3 aromatic rings. The number of aryl methyl sites for hydroxylation is 2. The Labute approximate surface area is 263 Å². The fourth-order valence-electron chi connectivity index (χ4n) is 6.38. The van der Waals surface area contributed by atoms with Gasteiger partial charge < -0.3 is 10.2 Å². The van der Waals surface area contributed by atoms with Crippen molar-refractivity contribution in [1.29, 1.82) is 0 Å². The van der Waals surface area contributed by atoms with Crippen LogP contribution >= 0.6 is 0 Å². The van der Waals surface area contributed by atoms with E-state index in [-0.39, 0.29) is 42.2 Å². The molecule has 1 aromatic carbocycles. The van der Waals surface area contributed by atoms with Gasteiger partial charge in [-0.1, -0.05) is 12.5 Å². The Morgan fingerprint density at radius 1 is 1.09 bits per heavy atom. The first-order valence-electron chi connectivity index (χ1n) is 15.5. The molecule has 13 heteroatoms. The summed E-state index contributed by atoms with van der Waals surface area (Å²) < 4.78 is 57.9. The summed E-state index contributed by atoms with van der Waals surface area (Å²) in [6.07, 6.45) is -3.46. The number of ketones is 3. The predicted molar refractivity (Wildman–Crippen MR) is 162 cm³/mol. The second-order valence-electron chi connectivity index (χ2n) is 12.5. The number of aromatic nitrogens is 3. The second-order valence-corrected chi connectivity index (χ2v) is 12.5. The molecule has 0 radical (unpaired) electrons. The molecular formula is C33H37F4N5O4. The highest BCUT2D eigenvalue weighted by Crippen LogP contribution is 2.37. The summed E-state index contributed by atoms with van der Waals surface area (Å²) >= 11 is 0. The quantitative estimate of drug-likeness (QED) is 0.286. The van der Waals surface area contributed by atoms with E-state index in [1.54, 1.807) is 6.07 Å². The fraction of sp³-hybridized carbons (Fsp3) is 0.515. The van der Waals surface area contributed by atoms with Crippen LogP contribution in [0.4, 0.5) is 23.2 Å². The summed E-state index contributed by atoms with van der Waals surface area (Å²) in [6.45, 7) is 4.46. The zero-order chi connectivity index (χ0) is 33.4. The van der Waals surface area contributed by atoms with Gasteiger partial charge in [-0.05, 0) is 62.4 Å². The van der Waals surface area contributed by atoms with Crippen molar-refractivity contribution in [3.63, 3.8) is 0 Å². The lowest BCUT2D eigenvalue weighted by Crippen LogP contribution is -2.43. The van der Waals surface area contributed by atoms with Gasteiger partial charge in [0.25, 0.3) is 0 Å². The highest BCUT2D eigenvalue weighted by molar-refractivity contribution is 6.08. The number of hydrogen-bond acceptors (Lipinski definition) is 7. The summed E-state index contributed by atoms with van der Waals surface area (Å²) in [5, 5.41) is 8.38. The minimum atomic E-state index is -4.72. The molecule has 4 heterocycles. The number of fused-ring (bicyclic) bond motifs is 2. The summed E-state index contributed by atoms with van der Waals surface area (Å²) in [6, 6.07) is 4.44. The van der Waals surface area contributed by atoms with Crippen LogP contribution < -0.4 is 5.32 Å². The van der Waals surface area contributed by atoms with Crippen molar-refractivity contribution in [1.82, 2.24) is 19.7 Å². The van der Waals surface area contributed by atoms with Crippen molar-refractivity contribution in [3.8, 4) is 0 Å². The lowest BCUT2D eigenvalue weighted by Gasteiger charge is -2.24. The van der Waals surface area contributed by atoms with Gasteiger partial charge in [0.2, 0.25) is 5.91 Å². The molecule has 0 spiro atoms. The topological polar surface area (TPSA) is 114 Å². The molecule has 2 aromatic heterocycles. The Morgan fingerprint density at radius 3 is 2.57 bits per heavy atom. The fourth-order valence-corrected chi connectivity index (χ4v) is 6.38. The van der Waals surface area contributed by atoms with Crippen molar-refractivity contribution < 1.29 is 36.7 Å². The number of nitrogens with one attached hydrogen (secondary N) is 1. The first-order valence-corrected chi connectivity index (χ1v) is 15.5. The van der Waals surface area contributed by atoms with Gasteiger partial charge in [-0.2, -0.15) is 18.3 Å². The number of benzene rings is 1. The Hall–Kier alpha value is -4.16. The Bertz CT molecular complexity index is 1700. The number of alkyl halides is 4. The van der Waals surface area contributed by atoms with Crippen LogP contribution in [-0.4, -0.2) is 67.7 Å². The van der Waals surface area contributed by atoms with Gasteiger partial charge in [0.15, 0.2) is 11.6 Å². The third-order valence-electron chi connectivity index (χ3n) is 8.82. The molecule has 0 aliphatic carbocycles. The zero-order valence-electron chi connectivity index (χ0n) is 26.1. The van der Waals surface area contributed by atoms with Crippen LogP contribution in [0.25, 0.3) is 10.9 Å². The molecule has 1 saturated heterocycles. The van der Waals surface area contributed by atoms with Gasteiger partial charge in [0.1, 0.15) is 29.4 Å². The number of Topliss-reactive ketones (excluding diaryl/α,β-unsaturated/α-hetero) is 3. The number of halogens is 4. The molecule has 46 heavy (non-hydrogen) atoms. The molecule has 246 valence electrons. The Morgan fingerprint density at radius 2 is 1.85 bits per heavy atom. The number of amides is 1. The van der Waals surface area contributed by atoms with Crippen LogP contribution in [0.5, 0.6) is 0 Å². The third-order valence-corrected chi connectivity index (χ3v) is 8.82. The second kappa shape index (κ2) is 12.9. The molecule has 9 nitrogen and oxygen atoms in total. The maximum absolute atomic E-state index is 16.4. The highest BCUT2D eigenvalue weighted by Gasteiger charge is 2.49. The van der Waals surface area contributed by atoms with Gasteiger partial charge in [0, 0.05) is 38.1 Å². The van der Waals surface area contributed by atoms with E-state index >= 15 is 4.39 Å². The van der Waals surface area contributed by atoms with Crippen molar-refractivity contribution >= 4 is 39.8 Å². The van der Waals surface area contributed by atoms with Gasteiger partial charge in [-0.25, -0.2) is 9.37 Å². The summed E-state index contributed by atoms with van der Waals surface area (Å²) in [4.78, 5) is 57.6. The number of carbonyl (C=O) groups is 4. The van der Waals surface area contributed by atoms with Crippen LogP contribution in [0.1, 0.15) is 84.9 Å². The monoisotopic (exact) mass is 643 g/mol. The van der Waals surface area contributed by atoms with E-state index in [9.17, 15) is 32.3 Å². The molecule has 2 aliphatic rings. The van der Waals surface area contributed by atoms with Crippen molar-refractivity contribution in [2.45, 2.75) is 96.6 Å². The zero-order valence-corrected chi connectivity index (χ0v) is 26.1. The summed E-state index contributed by atoms with van der Waals surface area (Å²) in [7, 11) is 0. The largest absolute Gasteiger partial charge is 0.433 e. The lowest BCUT2D eigenvalue weighted by molar-refractivity contribution is -0.141. The first kappa shape index (κ1) is 33.2. The minimum absolute atomic E-state index is 0.0571. The molecule has 0 unspecified atom stereocenters. The molecule has 2 bridgehead atoms. The average Bonchev–Trinajstić information content (AvgIpc) is 3.52. The standard InChI is InChI=1S/C33H37F4N5O4/c1-19-13-23-30(21(3)43)40-42-17-29(46)41-18-32(34,11-10-22(44)7-5-4-6-12-38-25(14-19)31(23)42)16-26(41)27(45)15-24-20(2)8-9-28(39-24)33(35,36)37/h8-9,13-14,26,38H,4-7,10-12,15-18H2,1-3H3/t26-,32+/m0/s1. The van der Waals surface area contributed by atoms with Gasteiger partial charge >= 0.3 is 6.18 Å². The van der Waals surface area contributed by atoms with E-state index in [0.717, 1.165) is 29.4 Å². The number of carbonyl (C=O) groups excluding carboxylic acids is 4. The maximum atomic E-state index is 16.4. The Kier molecular flexibility index (Phi) is 9.33. The van der Waals surface area contributed by atoms with Crippen LogP contribution in [-0.2, 0) is 33.5 Å². The van der Waals surface area contributed by atoms with Crippen molar-refractivity contribution in [2.75, 3.05) is 18.4 Å². The van der Waals surface area contributed by atoms with E-state index in [2.05, 4.69) is 15.4 Å². The van der Waals surface area contributed by atoms with Crippen LogP contribution in [0.2, 0.25) is 0 Å². The summed E-state index contributed by atoms with van der Waals surface area (Å²) in [5.74, 6) is -1.71. The highest BCUT2D eigenvalue weighted by atomic mass is 19.4. The molecule has 1 amide bonds. The predicted octanol–water partition coefficient (Wildman–Crippen LogP) is 5.73. The Balaban J connectivity index is 1.53. The molecule has 2 atom stereocenters. The number of nitrogens with zero attached hydrogens (tertiary/aromatic N) is 4. The molecule has 1 N–H and O–H groups in total. The van der Waals surface area contributed by atoms with Crippen LogP contribution in [0.3, 0.4) is 0 Å². The average molecular weight is 644 g/mol. The third kappa shape index (κ3) is 7.13. The number of rotatable bonds is 4. The van der Waals surface area contributed by atoms with Crippen molar-refractivity contribution in [3.05, 3.63) is 52.5 Å². The molecule has 1 fully saturated rings. The molecule has 2 aliphatic heterocycles. The molecule has 0 saturated carbocycles. The van der Waals surface area contributed by atoms with Gasteiger partial charge in [0.05, 0.1) is 35.9 Å². The van der Waals surface area contributed by atoms with Gasteiger partial charge in [-0.15, -0.1) is 0 Å². The van der Waals surface area contributed by atoms with Crippen molar-refractivity contribution in [2.24, 2.45) is 0 Å². The number of anilines is 1. The van der Waals surface area contributed by atoms with E-state index in [1.165, 1.54) is 24.6 Å². The van der Waals surface area contributed by atoms with Crippen LogP contribution in [0, 0.1) is 13.8 Å². The van der Waals surface area contributed by atoms with E-state index in [0.29, 0.717) is 35.1 Å². The minimum Gasteiger partial charge on any atom is -0.383 e. The number of hydrogen-bond donors (Lipinski definition) is 1. The summed E-state index contributed by atoms with van der Waals surface area (Å²) in [5.41, 5.74) is -0.763. The molecular weight excluding hydrogens is 606 g/mol. The molecule has 5 rings (SSSR count). The van der Waals surface area contributed by atoms with E-state index in [1.807, 2.05) is 13.0 Å². The van der Waals surface area contributed by atoms with E-state index < -0.39 is 61.2 Å². The maximum Gasteiger partial charge on any atom is 0.433 e. The van der Waals surface area contributed by atoms with Crippen LogP contribution in [0.15, 0.2) is 24.3 Å². The SMILES string of the molecule is CC(=O)c1nn2c3c(cc(C)cc13)NCCCCCC(=O)CC[C@@]1(F)C[C@@H](C(=O)Cc3nc(C(F)(F)F)ccc3C)N(C1)C(=O)C2. The normalized spacial score (nSPS) is 21.7. The van der Waals surface area contributed by atoms with Gasteiger partial charge in [-0.3, -0.25) is 23.9 Å². The van der Waals surface area contributed by atoms with E-state index in [4.69, 9.17) is 0 Å². The smallest absolute Gasteiger partial charge is 0.383 e. The number of pyridine rings is 1. The lowest BCUT2D eigenvalue weighted by atomic mass is 9.92. The first-order chi connectivity index (χ1) is 21.6.